The molecule has 0 saturated carbocycles. The van der Waals surface area contributed by atoms with Crippen molar-refractivity contribution in [2.75, 3.05) is 0 Å². The minimum absolute atomic E-state index is 0.533. The van der Waals surface area contributed by atoms with E-state index in [1.165, 1.54) is 0 Å². The van der Waals surface area contributed by atoms with Crippen molar-refractivity contribution >= 4 is 33.0 Å². The minimum atomic E-state index is 0.533. The molecule has 7 heteroatoms. The van der Waals surface area contributed by atoms with Crippen LogP contribution in [0.5, 0.6) is 0 Å². The highest BCUT2D eigenvalue weighted by atomic mass is 79.9. The van der Waals surface area contributed by atoms with E-state index >= 15 is 0 Å². The number of nitrogens with zero attached hydrogens (tertiary/aromatic N) is 4. The standard InChI is InChI=1S/C13H7BrN4OS/c14-11-4-3-10(20-11)8-5-6-15-13-16-12(17-18(8)13)9-2-1-7-19-9/h1-7H. The summed E-state index contributed by atoms with van der Waals surface area (Å²) in [7, 11) is 0. The predicted octanol–water partition coefficient (Wildman–Crippen LogP) is 3.88. The first-order valence-corrected chi connectivity index (χ1v) is 7.43. The molecule has 0 aromatic carbocycles. The van der Waals surface area contributed by atoms with Gasteiger partial charge in [0.15, 0.2) is 5.76 Å². The van der Waals surface area contributed by atoms with Crippen LogP contribution in [0.25, 0.3) is 27.9 Å². The van der Waals surface area contributed by atoms with Crippen molar-refractivity contribution in [2.45, 2.75) is 0 Å². The van der Waals surface area contributed by atoms with Gasteiger partial charge in [0, 0.05) is 6.20 Å². The molecule has 0 amide bonds. The summed E-state index contributed by atoms with van der Waals surface area (Å²) in [4.78, 5) is 9.73. The molecule has 4 rings (SSSR count). The van der Waals surface area contributed by atoms with E-state index in [1.54, 1.807) is 28.3 Å². The van der Waals surface area contributed by atoms with Gasteiger partial charge in [-0.25, -0.2) is 4.98 Å². The van der Waals surface area contributed by atoms with Gasteiger partial charge in [-0.2, -0.15) is 9.50 Å². The number of furan rings is 1. The third-order valence-corrected chi connectivity index (χ3v) is 4.45. The van der Waals surface area contributed by atoms with Gasteiger partial charge in [0.25, 0.3) is 5.78 Å². The lowest BCUT2D eigenvalue weighted by Gasteiger charge is -1.99. The van der Waals surface area contributed by atoms with Gasteiger partial charge >= 0.3 is 0 Å². The fraction of sp³-hybridized carbons (Fsp3) is 0. The fourth-order valence-corrected chi connectivity index (χ4v) is 3.34. The van der Waals surface area contributed by atoms with Crippen LogP contribution in [0.15, 0.2) is 51.0 Å². The van der Waals surface area contributed by atoms with E-state index in [1.807, 2.05) is 30.3 Å². The number of halogens is 1. The first-order chi connectivity index (χ1) is 9.81. The molecule has 0 aliphatic heterocycles. The van der Waals surface area contributed by atoms with Crippen LogP contribution in [-0.4, -0.2) is 19.6 Å². The van der Waals surface area contributed by atoms with Crippen LogP contribution < -0.4 is 0 Å². The van der Waals surface area contributed by atoms with Crippen molar-refractivity contribution in [3.8, 4) is 22.2 Å². The SMILES string of the molecule is Brc1ccc(-c2ccnc3nc(-c4ccco4)nn23)s1. The van der Waals surface area contributed by atoms with Crippen LogP contribution >= 0.6 is 27.3 Å². The second kappa shape index (κ2) is 4.53. The van der Waals surface area contributed by atoms with Gasteiger partial charge in [-0.05, 0) is 46.3 Å². The van der Waals surface area contributed by atoms with Crippen molar-refractivity contribution in [1.82, 2.24) is 19.6 Å². The van der Waals surface area contributed by atoms with Gasteiger partial charge in [-0.15, -0.1) is 16.4 Å². The molecule has 98 valence electrons. The Bertz CT molecular complexity index is 881. The fourth-order valence-electron chi connectivity index (χ4n) is 1.94. The lowest BCUT2D eigenvalue weighted by atomic mass is 10.3. The quantitative estimate of drug-likeness (QED) is 0.552. The number of aromatic nitrogens is 4. The first-order valence-electron chi connectivity index (χ1n) is 5.82. The van der Waals surface area contributed by atoms with Crippen LogP contribution in [-0.2, 0) is 0 Å². The first kappa shape index (κ1) is 11.8. The summed E-state index contributed by atoms with van der Waals surface area (Å²) in [5.41, 5.74) is 0.955. The summed E-state index contributed by atoms with van der Waals surface area (Å²) in [6.45, 7) is 0. The molecule has 0 N–H and O–H groups in total. The van der Waals surface area contributed by atoms with Gasteiger partial charge < -0.3 is 4.42 Å². The number of hydrogen-bond donors (Lipinski definition) is 0. The van der Waals surface area contributed by atoms with Crippen LogP contribution in [0.3, 0.4) is 0 Å². The summed E-state index contributed by atoms with van der Waals surface area (Å²) < 4.78 is 8.13. The average molecular weight is 347 g/mol. The average Bonchev–Trinajstić information content (AvgIpc) is 3.17. The largest absolute Gasteiger partial charge is 0.461 e. The molecule has 0 fully saturated rings. The van der Waals surface area contributed by atoms with Gasteiger partial charge in [-0.3, -0.25) is 0 Å². The lowest BCUT2D eigenvalue weighted by molar-refractivity contribution is 0.577. The van der Waals surface area contributed by atoms with Gasteiger partial charge in [0.2, 0.25) is 5.82 Å². The third-order valence-electron chi connectivity index (χ3n) is 2.81. The Kier molecular flexibility index (Phi) is 2.68. The van der Waals surface area contributed by atoms with Gasteiger partial charge in [-0.1, -0.05) is 0 Å². The molecule has 4 aromatic heterocycles. The molecule has 4 heterocycles. The minimum Gasteiger partial charge on any atom is -0.461 e. The Morgan fingerprint density at radius 1 is 1.20 bits per heavy atom. The number of thiophene rings is 1. The summed E-state index contributed by atoms with van der Waals surface area (Å²) in [6.07, 6.45) is 3.34. The normalized spacial score (nSPS) is 11.2. The third kappa shape index (κ3) is 1.86. The second-order valence-electron chi connectivity index (χ2n) is 4.06. The zero-order chi connectivity index (χ0) is 13.5. The topological polar surface area (TPSA) is 56.2 Å². The molecule has 0 atom stereocenters. The van der Waals surface area contributed by atoms with E-state index < -0.39 is 0 Å². The number of hydrogen-bond acceptors (Lipinski definition) is 5. The summed E-state index contributed by atoms with van der Waals surface area (Å²) in [5.74, 6) is 1.72. The highest BCUT2D eigenvalue weighted by Gasteiger charge is 2.13. The maximum atomic E-state index is 5.33. The van der Waals surface area contributed by atoms with Crippen molar-refractivity contribution in [1.29, 1.82) is 0 Å². The van der Waals surface area contributed by atoms with E-state index in [2.05, 4.69) is 31.0 Å². The number of rotatable bonds is 2. The molecule has 0 radical (unpaired) electrons. The van der Waals surface area contributed by atoms with Crippen LogP contribution in [0, 0.1) is 0 Å². The van der Waals surface area contributed by atoms with Crippen molar-refractivity contribution < 1.29 is 4.42 Å². The monoisotopic (exact) mass is 346 g/mol. The summed E-state index contributed by atoms with van der Waals surface area (Å²) in [6, 6.07) is 9.61. The molecule has 20 heavy (non-hydrogen) atoms. The van der Waals surface area contributed by atoms with Crippen molar-refractivity contribution in [3.05, 3.63) is 46.6 Å². The van der Waals surface area contributed by atoms with Crippen LogP contribution in [0.2, 0.25) is 0 Å². The lowest BCUT2D eigenvalue weighted by Crippen LogP contribution is -1.94. The molecule has 0 saturated heterocycles. The number of fused-ring (bicyclic) bond motifs is 1. The highest BCUT2D eigenvalue weighted by Crippen LogP contribution is 2.31. The Morgan fingerprint density at radius 3 is 2.90 bits per heavy atom. The maximum Gasteiger partial charge on any atom is 0.253 e. The zero-order valence-electron chi connectivity index (χ0n) is 10.0. The molecule has 0 unspecified atom stereocenters. The Morgan fingerprint density at radius 2 is 2.15 bits per heavy atom. The summed E-state index contributed by atoms with van der Waals surface area (Å²) >= 11 is 5.11. The Hall–Kier alpha value is -1.99. The molecule has 5 nitrogen and oxygen atoms in total. The van der Waals surface area contributed by atoms with Crippen molar-refractivity contribution in [3.63, 3.8) is 0 Å². The van der Waals surface area contributed by atoms with Gasteiger partial charge in [0.1, 0.15) is 0 Å². The van der Waals surface area contributed by atoms with E-state index in [4.69, 9.17) is 4.42 Å². The molecular formula is C13H7BrN4OS. The smallest absolute Gasteiger partial charge is 0.253 e. The highest BCUT2D eigenvalue weighted by molar-refractivity contribution is 9.11. The summed E-state index contributed by atoms with van der Waals surface area (Å²) in [5, 5.41) is 4.48. The van der Waals surface area contributed by atoms with Crippen molar-refractivity contribution in [2.24, 2.45) is 0 Å². The van der Waals surface area contributed by atoms with E-state index in [9.17, 15) is 0 Å². The zero-order valence-corrected chi connectivity index (χ0v) is 12.4. The van der Waals surface area contributed by atoms with Crippen LogP contribution in [0.4, 0.5) is 0 Å². The van der Waals surface area contributed by atoms with E-state index in [0.717, 1.165) is 14.4 Å². The molecular weight excluding hydrogens is 340 g/mol. The molecule has 0 aliphatic carbocycles. The molecule has 0 aliphatic rings. The predicted molar refractivity (Wildman–Crippen MR) is 79.5 cm³/mol. The van der Waals surface area contributed by atoms with E-state index in [-0.39, 0.29) is 0 Å². The van der Waals surface area contributed by atoms with Crippen LogP contribution in [0.1, 0.15) is 0 Å². The maximum absolute atomic E-state index is 5.33. The second-order valence-corrected chi connectivity index (χ2v) is 6.52. The Labute approximate surface area is 126 Å². The van der Waals surface area contributed by atoms with E-state index in [0.29, 0.717) is 17.4 Å². The Balaban J connectivity index is 1.94. The van der Waals surface area contributed by atoms with Gasteiger partial charge in [0.05, 0.1) is 20.6 Å². The molecule has 0 bridgehead atoms. The molecule has 0 spiro atoms. The molecule has 4 aromatic rings.